The zero-order chi connectivity index (χ0) is 17.4. The van der Waals surface area contributed by atoms with E-state index in [0.717, 1.165) is 24.3 Å². The van der Waals surface area contributed by atoms with Gasteiger partial charge in [-0.3, -0.25) is 4.79 Å². The molecule has 1 saturated carbocycles. The van der Waals surface area contributed by atoms with Crippen LogP contribution in [0.4, 0.5) is 0 Å². The highest BCUT2D eigenvalue weighted by Gasteiger charge is 2.49. The van der Waals surface area contributed by atoms with Gasteiger partial charge in [-0.1, -0.05) is 4.49 Å². The van der Waals surface area contributed by atoms with Crippen molar-refractivity contribution in [2.75, 3.05) is 13.7 Å². The smallest absolute Gasteiger partial charge is 0.268 e. The number of hydrogen-bond donors (Lipinski definition) is 0. The molecule has 1 aliphatic carbocycles. The van der Waals surface area contributed by atoms with E-state index >= 15 is 0 Å². The topological polar surface area (TPSA) is 64.6 Å². The molecule has 6 nitrogen and oxygen atoms in total. The number of likely N-dealkylation sites (tertiary alicyclic amines) is 1. The second kappa shape index (κ2) is 6.63. The summed E-state index contributed by atoms with van der Waals surface area (Å²) in [5.41, 5.74) is 0.715. The third-order valence-electron chi connectivity index (χ3n) is 5.30. The summed E-state index contributed by atoms with van der Waals surface area (Å²) < 4.78 is 15.1. The molecule has 2 aromatic rings. The van der Waals surface area contributed by atoms with Crippen LogP contribution in [-0.2, 0) is 0 Å². The number of aryl methyl sites for hydroxylation is 1. The van der Waals surface area contributed by atoms with Gasteiger partial charge >= 0.3 is 0 Å². The van der Waals surface area contributed by atoms with Crippen molar-refractivity contribution in [3.63, 3.8) is 0 Å². The van der Waals surface area contributed by atoms with Gasteiger partial charge in [0.05, 0.1) is 18.8 Å². The summed E-state index contributed by atoms with van der Waals surface area (Å²) in [5.74, 6) is 2.18. The first kappa shape index (κ1) is 16.3. The number of hydrogen-bond acceptors (Lipinski definition) is 6. The Kier molecular flexibility index (Phi) is 4.33. The van der Waals surface area contributed by atoms with Crippen molar-refractivity contribution in [2.45, 2.75) is 38.3 Å². The lowest BCUT2D eigenvalue weighted by Crippen LogP contribution is -2.47. The van der Waals surface area contributed by atoms with E-state index in [9.17, 15) is 4.79 Å². The molecule has 7 heteroatoms. The first-order valence-corrected chi connectivity index (χ1v) is 9.33. The zero-order valence-corrected chi connectivity index (χ0v) is 15.2. The van der Waals surface area contributed by atoms with Crippen molar-refractivity contribution in [3.05, 3.63) is 34.8 Å². The number of carbonyl (C=O) groups excluding carboxylic acids is 1. The summed E-state index contributed by atoms with van der Waals surface area (Å²) in [6, 6.07) is 8.00. The van der Waals surface area contributed by atoms with Crippen LogP contribution in [0.1, 0.15) is 34.6 Å². The Morgan fingerprint density at radius 1 is 1.28 bits per heavy atom. The second-order valence-corrected chi connectivity index (χ2v) is 7.43. The average molecular weight is 359 g/mol. The van der Waals surface area contributed by atoms with Gasteiger partial charge < -0.3 is 14.4 Å². The minimum atomic E-state index is 0.0584. The lowest BCUT2D eigenvalue weighted by atomic mass is 9.99. The van der Waals surface area contributed by atoms with Crippen LogP contribution in [0.2, 0.25) is 0 Å². The Morgan fingerprint density at radius 2 is 2.04 bits per heavy atom. The normalized spacial score (nSPS) is 24.6. The number of amides is 1. The fourth-order valence-electron chi connectivity index (χ4n) is 4.02. The molecule has 0 unspecified atom stereocenters. The van der Waals surface area contributed by atoms with Crippen LogP contribution in [0.5, 0.6) is 11.5 Å². The fourth-order valence-corrected chi connectivity index (χ4v) is 4.62. The number of benzene rings is 1. The third kappa shape index (κ3) is 2.97. The van der Waals surface area contributed by atoms with Gasteiger partial charge in [0.1, 0.15) is 23.0 Å². The van der Waals surface area contributed by atoms with E-state index < -0.39 is 0 Å². The molecule has 3 atom stereocenters. The van der Waals surface area contributed by atoms with Crippen LogP contribution in [0.3, 0.4) is 0 Å². The molecular formula is C18H21N3O3S. The van der Waals surface area contributed by atoms with E-state index in [1.165, 1.54) is 18.0 Å². The molecule has 2 fully saturated rings. The van der Waals surface area contributed by atoms with E-state index in [2.05, 4.69) is 9.59 Å². The molecule has 132 valence electrons. The van der Waals surface area contributed by atoms with E-state index in [1.54, 1.807) is 7.11 Å². The highest BCUT2D eigenvalue weighted by atomic mass is 32.1. The Hall–Kier alpha value is -2.15. The molecule has 2 bridgehead atoms. The van der Waals surface area contributed by atoms with E-state index in [1.807, 2.05) is 36.1 Å². The van der Waals surface area contributed by atoms with Gasteiger partial charge in [-0.05, 0) is 67.9 Å². The van der Waals surface area contributed by atoms with Crippen LogP contribution in [0.25, 0.3) is 0 Å². The van der Waals surface area contributed by atoms with Crippen molar-refractivity contribution in [1.82, 2.24) is 14.5 Å². The number of aromatic nitrogens is 2. The summed E-state index contributed by atoms with van der Waals surface area (Å²) in [7, 11) is 1.64. The summed E-state index contributed by atoms with van der Waals surface area (Å²) >= 11 is 1.19. The number of nitrogens with zero attached hydrogens (tertiary/aromatic N) is 3. The highest BCUT2D eigenvalue weighted by Crippen LogP contribution is 2.43. The molecule has 1 aromatic carbocycles. The van der Waals surface area contributed by atoms with E-state index in [0.29, 0.717) is 29.1 Å². The minimum absolute atomic E-state index is 0.0584. The van der Waals surface area contributed by atoms with Crippen molar-refractivity contribution in [3.8, 4) is 11.5 Å². The third-order valence-corrected chi connectivity index (χ3v) is 6.12. The van der Waals surface area contributed by atoms with E-state index in [4.69, 9.17) is 9.47 Å². The highest BCUT2D eigenvalue weighted by molar-refractivity contribution is 7.07. The van der Waals surface area contributed by atoms with Gasteiger partial charge in [0.15, 0.2) is 0 Å². The van der Waals surface area contributed by atoms with Gasteiger partial charge in [0.25, 0.3) is 5.91 Å². The SMILES string of the molecule is COc1ccc(OC[C@H]2[C@@H]3CC[C@@H](C3)N2C(=O)c2snnc2C)cc1. The van der Waals surface area contributed by atoms with Crippen molar-refractivity contribution in [2.24, 2.45) is 5.92 Å². The monoisotopic (exact) mass is 359 g/mol. The number of piperidine rings is 1. The van der Waals surface area contributed by atoms with Gasteiger partial charge in [-0.15, -0.1) is 5.10 Å². The Labute approximate surface area is 150 Å². The quantitative estimate of drug-likeness (QED) is 0.821. The zero-order valence-electron chi connectivity index (χ0n) is 14.3. The minimum Gasteiger partial charge on any atom is -0.497 e. The summed E-state index contributed by atoms with van der Waals surface area (Å²) in [5, 5.41) is 3.98. The second-order valence-electron chi connectivity index (χ2n) is 6.68. The lowest BCUT2D eigenvalue weighted by Gasteiger charge is -2.35. The van der Waals surface area contributed by atoms with Gasteiger partial charge in [-0.2, -0.15) is 0 Å². The Morgan fingerprint density at radius 3 is 2.72 bits per heavy atom. The van der Waals surface area contributed by atoms with Crippen LogP contribution in [0, 0.1) is 12.8 Å². The lowest BCUT2D eigenvalue weighted by molar-refractivity contribution is 0.0509. The number of fused-ring (bicyclic) bond motifs is 2. The van der Waals surface area contributed by atoms with Crippen LogP contribution >= 0.6 is 11.5 Å². The molecule has 2 heterocycles. The Balaban J connectivity index is 1.49. The van der Waals surface area contributed by atoms with Gasteiger partial charge in [0, 0.05) is 6.04 Å². The molecular weight excluding hydrogens is 338 g/mol. The average Bonchev–Trinajstić information content (AvgIpc) is 3.35. The molecule has 4 rings (SSSR count). The van der Waals surface area contributed by atoms with Crippen LogP contribution in [-0.4, -0.2) is 46.2 Å². The molecule has 0 spiro atoms. The molecule has 1 aliphatic heterocycles. The molecule has 0 radical (unpaired) electrons. The number of carbonyl (C=O) groups is 1. The van der Waals surface area contributed by atoms with Crippen molar-refractivity contribution in [1.29, 1.82) is 0 Å². The maximum Gasteiger partial charge on any atom is 0.268 e. The molecule has 1 aromatic heterocycles. The first-order valence-electron chi connectivity index (χ1n) is 8.56. The van der Waals surface area contributed by atoms with Crippen LogP contribution < -0.4 is 9.47 Å². The van der Waals surface area contributed by atoms with Crippen molar-refractivity contribution >= 4 is 17.4 Å². The largest absolute Gasteiger partial charge is 0.497 e. The predicted octanol–water partition coefficient (Wildman–Crippen LogP) is 2.93. The summed E-state index contributed by atoms with van der Waals surface area (Å²) in [4.78, 5) is 15.7. The standard InChI is InChI=1S/C18H21N3O3S/c1-11-17(25-20-19-11)18(22)21-13-4-3-12(9-13)16(21)10-24-15-7-5-14(23-2)6-8-15/h5-8,12-13,16H,3-4,9-10H2,1-2H3/t12-,13+,16+/m1/s1. The van der Waals surface area contributed by atoms with Crippen LogP contribution in [0.15, 0.2) is 24.3 Å². The predicted molar refractivity (Wildman–Crippen MR) is 94.2 cm³/mol. The molecule has 0 N–H and O–H groups in total. The van der Waals surface area contributed by atoms with Gasteiger partial charge in [-0.25, -0.2) is 0 Å². The van der Waals surface area contributed by atoms with Crippen molar-refractivity contribution < 1.29 is 14.3 Å². The maximum atomic E-state index is 13.0. The molecule has 25 heavy (non-hydrogen) atoms. The molecule has 1 amide bonds. The summed E-state index contributed by atoms with van der Waals surface area (Å²) in [6.07, 6.45) is 3.33. The summed E-state index contributed by atoms with van der Waals surface area (Å²) in [6.45, 7) is 2.36. The Bertz CT molecular complexity index is 761. The number of rotatable bonds is 5. The fraction of sp³-hybridized carbons (Fsp3) is 0.500. The maximum absolute atomic E-state index is 13.0. The number of methoxy groups -OCH3 is 1. The number of ether oxygens (including phenoxy) is 2. The van der Waals surface area contributed by atoms with Gasteiger partial charge in [0.2, 0.25) is 0 Å². The molecule has 1 saturated heterocycles. The first-order chi connectivity index (χ1) is 12.2. The van der Waals surface area contributed by atoms with E-state index in [-0.39, 0.29) is 11.9 Å². The molecule has 2 aliphatic rings.